The Labute approximate surface area is 124 Å². The van der Waals surface area contributed by atoms with Crippen LogP contribution in [0.15, 0.2) is 18.2 Å². The zero-order chi connectivity index (χ0) is 15.2. The lowest BCUT2D eigenvalue weighted by molar-refractivity contribution is -0.385. The molecule has 20 heavy (non-hydrogen) atoms. The first kappa shape index (κ1) is 16.6. The van der Waals surface area contributed by atoms with Gasteiger partial charge in [0.05, 0.1) is 12.0 Å². The first-order chi connectivity index (χ1) is 9.51. The van der Waals surface area contributed by atoms with Gasteiger partial charge < -0.3 is 10.1 Å². The molecule has 0 radical (unpaired) electrons. The van der Waals surface area contributed by atoms with E-state index in [1.54, 1.807) is 12.1 Å². The number of benzene rings is 1. The Balaban J connectivity index is 2.86. The van der Waals surface area contributed by atoms with E-state index in [0.29, 0.717) is 0 Å². The first-order valence-corrected chi connectivity index (χ1v) is 7.85. The summed E-state index contributed by atoms with van der Waals surface area (Å²) in [4.78, 5) is 10.4. The van der Waals surface area contributed by atoms with Gasteiger partial charge in [0.2, 0.25) is 0 Å². The second kappa shape index (κ2) is 7.38. The number of ether oxygens (including phenoxy) is 1. The molecule has 1 aromatic rings. The van der Waals surface area contributed by atoms with Gasteiger partial charge in [-0.25, -0.2) is 0 Å². The minimum atomic E-state index is -0.438. The van der Waals surface area contributed by atoms with E-state index in [1.165, 1.54) is 13.2 Å². The summed E-state index contributed by atoms with van der Waals surface area (Å²) in [5.41, 5.74) is 0.827. The Bertz CT molecular complexity index is 453. The van der Waals surface area contributed by atoms with Crippen molar-refractivity contribution in [2.24, 2.45) is 0 Å². The summed E-state index contributed by atoms with van der Waals surface area (Å²) in [6.07, 6.45) is 4.26. The zero-order valence-electron chi connectivity index (χ0n) is 12.4. The summed E-state index contributed by atoms with van der Waals surface area (Å²) in [5.74, 6) is 0.280. The van der Waals surface area contributed by atoms with E-state index in [4.69, 9.17) is 4.74 Å². The van der Waals surface area contributed by atoms with E-state index in [1.807, 2.05) is 11.8 Å². The van der Waals surface area contributed by atoms with Gasteiger partial charge >= 0.3 is 5.69 Å². The van der Waals surface area contributed by atoms with Crippen LogP contribution in [0.25, 0.3) is 0 Å². The van der Waals surface area contributed by atoms with Crippen molar-refractivity contribution in [2.75, 3.05) is 25.2 Å². The average molecular weight is 298 g/mol. The largest absolute Gasteiger partial charge is 0.490 e. The summed E-state index contributed by atoms with van der Waals surface area (Å²) in [6, 6.07) is 4.87. The van der Waals surface area contributed by atoms with Crippen LogP contribution in [-0.2, 0) is 0 Å². The van der Waals surface area contributed by atoms with Crippen molar-refractivity contribution in [1.82, 2.24) is 0 Å². The van der Waals surface area contributed by atoms with Crippen LogP contribution in [-0.4, -0.2) is 29.6 Å². The van der Waals surface area contributed by atoms with Crippen LogP contribution in [0.5, 0.6) is 5.75 Å². The number of nitro groups is 1. The monoisotopic (exact) mass is 298 g/mol. The lowest BCUT2D eigenvalue weighted by atomic mass is 10.0. The van der Waals surface area contributed by atoms with Crippen LogP contribution in [0.2, 0.25) is 0 Å². The molecule has 6 heteroatoms. The van der Waals surface area contributed by atoms with Crippen LogP contribution in [0, 0.1) is 10.1 Å². The van der Waals surface area contributed by atoms with Crippen molar-refractivity contribution in [2.45, 2.75) is 31.4 Å². The third kappa shape index (κ3) is 3.79. The number of methoxy groups -OCH3 is 1. The highest BCUT2D eigenvalue weighted by atomic mass is 32.2. The summed E-state index contributed by atoms with van der Waals surface area (Å²) >= 11 is 1.85. The predicted octanol–water partition coefficient (Wildman–Crippen LogP) is 3.94. The van der Waals surface area contributed by atoms with Crippen LogP contribution in [0.1, 0.15) is 26.7 Å². The maximum atomic E-state index is 10.8. The summed E-state index contributed by atoms with van der Waals surface area (Å²) in [5, 5.41) is 14.2. The van der Waals surface area contributed by atoms with Gasteiger partial charge in [-0.2, -0.15) is 11.8 Å². The van der Waals surface area contributed by atoms with Gasteiger partial charge in [0, 0.05) is 29.1 Å². The molecular weight excluding hydrogens is 276 g/mol. The summed E-state index contributed by atoms with van der Waals surface area (Å²) < 4.78 is 5.26. The normalized spacial score (nSPS) is 11.2. The fraction of sp³-hybridized carbons (Fsp3) is 0.571. The molecule has 0 aromatic heterocycles. The Morgan fingerprint density at radius 1 is 1.40 bits per heavy atom. The fourth-order valence-corrected chi connectivity index (χ4v) is 2.86. The molecule has 0 saturated heterocycles. The summed E-state index contributed by atoms with van der Waals surface area (Å²) in [7, 11) is 1.44. The number of nitro benzene ring substituents is 1. The first-order valence-electron chi connectivity index (χ1n) is 6.63. The van der Waals surface area contributed by atoms with Crippen molar-refractivity contribution in [3.63, 3.8) is 0 Å². The molecule has 0 atom stereocenters. The van der Waals surface area contributed by atoms with Crippen molar-refractivity contribution >= 4 is 23.1 Å². The number of rotatable bonds is 8. The molecule has 0 bridgehead atoms. The minimum Gasteiger partial charge on any atom is -0.490 e. The maximum absolute atomic E-state index is 10.8. The van der Waals surface area contributed by atoms with Gasteiger partial charge in [0.25, 0.3) is 0 Å². The van der Waals surface area contributed by atoms with Crippen molar-refractivity contribution in [3.8, 4) is 5.75 Å². The smallest absolute Gasteiger partial charge is 0.311 e. The molecule has 0 aliphatic heterocycles. The molecule has 0 unspecified atom stereocenters. The van der Waals surface area contributed by atoms with Gasteiger partial charge in [-0.15, -0.1) is 0 Å². The van der Waals surface area contributed by atoms with E-state index >= 15 is 0 Å². The van der Waals surface area contributed by atoms with Gasteiger partial charge in [0.15, 0.2) is 5.75 Å². The average Bonchev–Trinajstić information content (AvgIpc) is 2.48. The fourth-order valence-electron chi connectivity index (χ4n) is 2.06. The lowest BCUT2D eigenvalue weighted by Gasteiger charge is -2.30. The molecule has 0 heterocycles. The van der Waals surface area contributed by atoms with E-state index in [-0.39, 0.29) is 16.2 Å². The van der Waals surface area contributed by atoms with Crippen molar-refractivity contribution in [1.29, 1.82) is 0 Å². The lowest BCUT2D eigenvalue weighted by Crippen LogP contribution is -2.31. The molecule has 0 aliphatic carbocycles. The highest BCUT2D eigenvalue weighted by molar-refractivity contribution is 8.00. The predicted molar refractivity (Wildman–Crippen MR) is 85.0 cm³/mol. The SMILES string of the molecule is CCC(CC)(CNc1ccc([N+](=O)[O-])c(OC)c1)SC. The third-order valence-electron chi connectivity index (χ3n) is 3.71. The number of anilines is 1. The molecule has 0 saturated carbocycles. The van der Waals surface area contributed by atoms with Crippen LogP contribution >= 0.6 is 11.8 Å². The van der Waals surface area contributed by atoms with E-state index < -0.39 is 4.92 Å². The highest BCUT2D eigenvalue weighted by Gasteiger charge is 2.24. The Morgan fingerprint density at radius 3 is 2.50 bits per heavy atom. The quantitative estimate of drug-likeness (QED) is 0.582. The molecular formula is C14H22N2O3S. The molecule has 0 fully saturated rings. The minimum absolute atomic E-state index is 0.0137. The Kier molecular flexibility index (Phi) is 6.13. The van der Waals surface area contributed by atoms with Crippen molar-refractivity contribution < 1.29 is 9.66 Å². The van der Waals surface area contributed by atoms with E-state index in [0.717, 1.165) is 25.1 Å². The van der Waals surface area contributed by atoms with Gasteiger partial charge in [-0.05, 0) is 25.2 Å². The molecule has 1 aromatic carbocycles. The van der Waals surface area contributed by atoms with Crippen LogP contribution in [0.4, 0.5) is 11.4 Å². The molecule has 1 rings (SSSR count). The summed E-state index contributed by atoms with van der Waals surface area (Å²) in [6.45, 7) is 5.18. The van der Waals surface area contributed by atoms with Gasteiger partial charge in [-0.3, -0.25) is 10.1 Å². The van der Waals surface area contributed by atoms with Gasteiger partial charge in [0.1, 0.15) is 0 Å². The third-order valence-corrected chi connectivity index (χ3v) is 5.30. The van der Waals surface area contributed by atoms with Crippen molar-refractivity contribution in [3.05, 3.63) is 28.3 Å². The second-order valence-corrected chi connectivity index (χ2v) is 5.87. The number of hydrogen-bond acceptors (Lipinski definition) is 5. The number of nitrogens with zero attached hydrogens (tertiary/aromatic N) is 1. The Morgan fingerprint density at radius 2 is 2.05 bits per heavy atom. The highest BCUT2D eigenvalue weighted by Crippen LogP contribution is 2.33. The number of thioether (sulfide) groups is 1. The van der Waals surface area contributed by atoms with Gasteiger partial charge in [-0.1, -0.05) is 13.8 Å². The molecule has 112 valence electrons. The topological polar surface area (TPSA) is 64.4 Å². The van der Waals surface area contributed by atoms with Crippen LogP contribution in [0.3, 0.4) is 0 Å². The molecule has 0 aliphatic rings. The zero-order valence-corrected chi connectivity index (χ0v) is 13.3. The van der Waals surface area contributed by atoms with E-state index in [9.17, 15) is 10.1 Å². The number of nitrogens with one attached hydrogen (secondary N) is 1. The molecule has 5 nitrogen and oxygen atoms in total. The molecule has 0 amide bonds. The molecule has 0 spiro atoms. The van der Waals surface area contributed by atoms with E-state index in [2.05, 4.69) is 25.4 Å². The maximum Gasteiger partial charge on any atom is 0.311 e. The van der Waals surface area contributed by atoms with Crippen LogP contribution < -0.4 is 10.1 Å². The number of hydrogen-bond donors (Lipinski definition) is 1. The second-order valence-electron chi connectivity index (χ2n) is 4.59. The standard InChI is InChI=1S/C14H22N2O3S/c1-5-14(6-2,20-4)10-15-11-7-8-12(16(17)18)13(9-11)19-3/h7-9,15H,5-6,10H2,1-4H3. The Hall–Kier alpha value is -1.43. The molecule has 1 N–H and O–H groups in total.